The van der Waals surface area contributed by atoms with E-state index in [0.717, 1.165) is 30.1 Å². The summed E-state index contributed by atoms with van der Waals surface area (Å²) in [6.07, 6.45) is 1.56. The first-order valence-corrected chi connectivity index (χ1v) is 6.17. The zero-order chi connectivity index (χ0) is 14.3. The Kier molecular flexibility index (Phi) is 8.15. The number of anilines is 1. The van der Waals surface area contributed by atoms with Gasteiger partial charge in [-0.05, 0) is 26.0 Å². The van der Waals surface area contributed by atoms with Crippen LogP contribution in [0.5, 0.6) is 5.75 Å². The fraction of sp³-hybridized carbons (Fsp3) is 0.385. The summed E-state index contributed by atoms with van der Waals surface area (Å²) in [7, 11) is 1.62. The maximum atomic E-state index is 5.35. The van der Waals surface area contributed by atoms with Gasteiger partial charge in [0.25, 0.3) is 0 Å². The van der Waals surface area contributed by atoms with Crippen LogP contribution in [0, 0.1) is 0 Å². The van der Waals surface area contributed by atoms with E-state index in [1.165, 1.54) is 0 Å². The van der Waals surface area contributed by atoms with Gasteiger partial charge in [-0.15, -0.1) is 17.5 Å². The van der Waals surface area contributed by atoms with Crippen LogP contribution in [0.2, 0.25) is 0 Å². The van der Waals surface area contributed by atoms with Crippen molar-refractivity contribution < 1.29 is 4.74 Å². The van der Waals surface area contributed by atoms with Crippen LogP contribution in [0.1, 0.15) is 19.4 Å². The van der Waals surface area contributed by atoms with Gasteiger partial charge in [-0.2, -0.15) is 5.10 Å². The standard InChI is InChI=1S/C13H21N5O.ClH/c1-4-18(5-2)11-7-6-10(12(8-11)19-3)9-16-17-13(14)15;/h6-9H,4-5H2,1-3H3,(H4,14,15,17);1H. The summed E-state index contributed by atoms with van der Waals surface area (Å²) in [5.41, 5.74) is 12.3. The molecule has 4 N–H and O–H groups in total. The minimum Gasteiger partial charge on any atom is -0.496 e. The SMILES string of the molecule is CCN(CC)c1ccc(C=NN=C(N)N)c(OC)c1.Cl. The van der Waals surface area contributed by atoms with E-state index < -0.39 is 0 Å². The van der Waals surface area contributed by atoms with Crippen molar-refractivity contribution >= 4 is 30.3 Å². The summed E-state index contributed by atoms with van der Waals surface area (Å²) in [4.78, 5) is 2.24. The molecule has 1 aromatic rings. The average Bonchev–Trinajstić information content (AvgIpc) is 2.40. The van der Waals surface area contributed by atoms with Crippen molar-refractivity contribution in [2.45, 2.75) is 13.8 Å². The molecule has 1 aromatic carbocycles. The van der Waals surface area contributed by atoms with Crippen molar-refractivity contribution in [1.82, 2.24) is 0 Å². The Labute approximate surface area is 125 Å². The van der Waals surface area contributed by atoms with E-state index in [4.69, 9.17) is 16.2 Å². The Bertz CT molecular complexity index is 468. The van der Waals surface area contributed by atoms with Gasteiger partial charge in [0.1, 0.15) is 5.75 Å². The Morgan fingerprint density at radius 2 is 1.95 bits per heavy atom. The van der Waals surface area contributed by atoms with Crippen LogP contribution in [-0.2, 0) is 0 Å². The lowest BCUT2D eigenvalue weighted by molar-refractivity contribution is 0.414. The van der Waals surface area contributed by atoms with Crippen molar-refractivity contribution in [3.8, 4) is 5.75 Å². The van der Waals surface area contributed by atoms with Crippen LogP contribution >= 0.6 is 12.4 Å². The average molecular weight is 300 g/mol. The Hall–Kier alpha value is -1.95. The fourth-order valence-corrected chi connectivity index (χ4v) is 1.75. The van der Waals surface area contributed by atoms with E-state index in [2.05, 4.69) is 29.0 Å². The van der Waals surface area contributed by atoms with Gasteiger partial charge in [-0.1, -0.05) is 0 Å². The first-order chi connectivity index (χ1) is 9.12. The van der Waals surface area contributed by atoms with Gasteiger partial charge in [0, 0.05) is 30.4 Å². The van der Waals surface area contributed by atoms with E-state index in [0.29, 0.717) is 0 Å². The number of nitrogens with zero attached hydrogens (tertiary/aromatic N) is 3. The number of hydrogen-bond donors (Lipinski definition) is 2. The van der Waals surface area contributed by atoms with Crippen molar-refractivity contribution in [3.05, 3.63) is 23.8 Å². The summed E-state index contributed by atoms with van der Waals surface area (Å²) in [6, 6.07) is 5.93. The quantitative estimate of drug-likeness (QED) is 0.474. The highest BCUT2D eigenvalue weighted by molar-refractivity contribution is 5.86. The molecular formula is C13H22ClN5O. The second-order valence-electron chi connectivity index (χ2n) is 3.87. The molecule has 0 atom stereocenters. The molecule has 0 saturated heterocycles. The van der Waals surface area contributed by atoms with Crippen molar-refractivity contribution in [2.24, 2.45) is 21.7 Å². The first-order valence-electron chi connectivity index (χ1n) is 6.17. The van der Waals surface area contributed by atoms with Gasteiger partial charge in [-0.25, -0.2) is 0 Å². The third-order valence-corrected chi connectivity index (χ3v) is 2.72. The molecule has 0 saturated carbocycles. The number of nitrogens with two attached hydrogens (primary N) is 2. The monoisotopic (exact) mass is 299 g/mol. The molecule has 0 aliphatic rings. The van der Waals surface area contributed by atoms with Gasteiger partial charge < -0.3 is 21.1 Å². The molecule has 0 spiro atoms. The number of methoxy groups -OCH3 is 1. The molecule has 0 unspecified atom stereocenters. The van der Waals surface area contributed by atoms with E-state index >= 15 is 0 Å². The van der Waals surface area contributed by atoms with E-state index in [1.54, 1.807) is 13.3 Å². The minimum atomic E-state index is -0.0741. The van der Waals surface area contributed by atoms with E-state index in [-0.39, 0.29) is 18.4 Å². The molecule has 0 radical (unpaired) electrons. The summed E-state index contributed by atoms with van der Waals surface area (Å²) in [5, 5.41) is 7.34. The van der Waals surface area contributed by atoms with Crippen LogP contribution in [0.3, 0.4) is 0 Å². The molecular weight excluding hydrogens is 278 g/mol. The molecule has 0 fully saturated rings. The largest absolute Gasteiger partial charge is 0.496 e. The molecule has 1 rings (SSSR count). The second kappa shape index (κ2) is 9.03. The number of guanidine groups is 1. The molecule has 6 nitrogen and oxygen atoms in total. The van der Waals surface area contributed by atoms with Gasteiger partial charge in [0.2, 0.25) is 5.96 Å². The predicted molar refractivity (Wildman–Crippen MR) is 87.2 cm³/mol. The lowest BCUT2D eigenvalue weighted by Crippen LogP contribution is -2.22. The maximum absolute atomic E-state index is 5.35. The number of hydrogen-bond acceptors (Lipinski definition) is 4. The van der Waals surface area contributed by atoms with Crippen molar-refractivity contribution in [2.75, 3.05) is 25.1 Å². The Morgan fingerprint density at radius 1 is 1.30 bits per heavy atom. The van der Waals surface area contributed by atoms with Crippen molar-refractivity contribution in [3.63, 3.8) is 0 Å². The van der Waals surface area contributed by atoms with Gasteiger partial charge in [0.15, 0.2) is 0 Å². The topological polar surface area (TPSA) is 89.2 Å². The summed E-state index contributed by atoms with van der Waals surface area (Å²) in [6.45, 7) is 6.12. The van der Waals surface area contributed by atoms with Crippen LogP contribution in [-0.4, -0.2) is 32.4 Å². The number of halogens is 1. The third-order valence-electron chi connectivity index (χ3n) is 2.72. The zero-order valence-electron chi connectivity index (χ0n) is 12.0. The molecule has 0 aliphatic heterocycles. The fourth-order valence-electron chi connectivity index (χ4n) is 1.75. The maximum Gasteiger partial charge on any atom is 0.211 e. The van der Waals surface area contributed by atoms with Crippen LogP contribution in [0.25, 0.3) is 0 Å². The Morgan fingerprint density at radius 3 is 2.45 bits per heavy atom. The van der Waals surface area contributed by atoms with Crippen LogP contribution in [0.15, 0.2) is 28.4 Å². The summed E-state index contributed by atoms with van der Waals surface area (Å²) < 4.78 is 5.35. The summed E-state index contributed by atoms with van der Waals surface area (Å²) >= 11 is 0. The molecule has 0 aliphatic carbocycles. The molecule has 0 amide bonds. The third kappa shape index (κ3) is 4.97. The smallest absolute Gasteiger partial charge is 0.211 e. The normalized spacial score (nSPS) is 9.95. The second-order valence-corrected chi connectivity index (χ2v) is 3.87. The molecule has 20 heavy (non-hydrogen) atoms. The van der Waals surface area contributed by atoms with Crippen LogP contribution in [0.4, 0.5) is 5.69 Å². The minimum absolute atomic E-state index is 0. The van der Waals surface area contributed by atoms with E-state index in [9.17, 15) is 0 Å². The molecule has 0 bridgehead atoms. The van der Waals surface area contributed by atoms with Crippen molar-refractivity contribution in [1.29, 1.82) is 0 Å². The van der Waals surface area contributed by atoms with Gasteiger partial charge >= 0.3 is 0 Å². The highest BCUT2D eigenvalue weighted by atomic mass is 35.5. The number of rotatable bonds is 6. The first kappa shape index (κ1) is 18.0. The number of benzene rings is 1. The number of ether oxygens (including phenoxy) is 1. The predicted octanol–water partition coefficient (Wildman–Crippen LogP) is 1.57. The van der Waals surface area contributed by atoms with Crippen LogP contribution < -0.4 is 21.1 Å². The zero-order valence-corrected chi connectivity index (χ0v) is 12.9. The lowest BCUT2D eigenvalue weighted by atomic mass is 10.2. The molecule has 0 aromatic heterocycles. The van der Waals surface area contributed by atoms with E-state index in [1.807, 2.05) is 18.2 Å². The molecule has 7 heteroatoms. The van der Waals surface area contributed by atoms with Gasteiger partial charge in [-0.3, -0.25) is 0 Å². The lowest BCUT2D eigenvalue weighted by Gasteiger charge is -2.21. The molecule has 0 heterocycles. The van der Waals surface area contributed by atoms with Gasteiger partial charge in [0.05, 0.1) is 13.3 Å². The molecule has 112 valence electrons. The highest BCUT2D eigenvalue weighted by Gasteiger charge is 2.06. The summed E-state index contributed by atoms with van der Waals surface area (Å²) in [5.74, 6) is 0.661. The highest BCUT2D eigenvalue weighted by Crippen LogP contribution is 2.24. The Balaban J connectivity index is 0.00000361.